The molecule has 0 saturated heterocycles. The maximum atomic E-state index is 11.9. The van der Waals surface area contributed by atoms with E-state index in [1.807, 2.05) is 42.5 Å². The first-order chi connectivity index (χ1) is 9.47. The van der Waals surface area contributed by atoms with Crippen molar-refractivity contribution in [2.75, 3.05) is 0 Å². The molecule has 3 aromatic carbocycles. The number of hydrogen-bond donors (Lipinski definition) is 1. The van der Waals surface area contributed by atoms with Crippen molar-refractivity contribution in [1.29, 1.82) is 0 Å². The van der Waals surface area contributed by atoms with Crippen LogP contribution in [0.2, 0.25) is 0 Å². The SMILES string of the molecule is NS(=O)(=O)C(=O)c1cccc2cc3ccccc3cc12. The van der Waals surface area contributed by atoms with E-state index >= 15 is 0 Å². The van der Waals surface area contributed by atoms with E-state index < -0.39 is 15.1 Å². The Balaban J connectivity index is 2.39. The van der Waals surface area contributed by atoms with Crippen LogP contribution in [0.5, 0.6) is 0 Å². The van der Waals surface area contributed by atoms with Gasteiger partial charge in [0.05, 0.1) is 0 Å². The molecule has 0 aliphatic rings. The molecule has 5 heteroatoms. The van der Waals surface area contributed by atoms with Crippen LogP contribution in [0.4, 0.5) is 0 Å². The van der Waals surface area contributed by atoms with Crippen molar-refractivity contribution in [1.82, 2.24) is 0 Å². The van der Waals surface area contributed by atoms with Gasteiger partial charge in [-0.3, -0.25) is 4.79 Å². The van der Waals surface area contributed by atoms with Gasteiger partial charge in [-0.15, -0.1) is 0 Å². The molecule has 0 saturated carbocycles. The maximum Gasteiger partial charge on any atom is 0.292 e. The third-order valence-electron chi connectivity index (χ3n) is 3.23. The lowest BCUT2D eigenvalue weighted by Gasteiger charge is -2.06. The Morgan fingerprint density at radius 3 is 2.10 bits per heavy atom. The summed E-state index contributed by atoms with van der Waals surface area (Å²) in [5.41, 5.74) is 0.107. The van der Waals surface area contributed by atoms with Gasteiger partial charge in [-0.1, -0.05) is 36.4 Å². The van der Waals surface area contributed by atoms with Crippen LogP contribution in [-0.4, -0.2) is 13.5 Å². The number of sulfonamides is 1. The molecule has 0 fully saturated rings. The summed E-state index contributed by atoms with van der Waals surface area (Å²) in [5.74, 6) is 0. The van der Waals surface area contributed by atoms with Crippen molar-refractivity contribution in [3.05, 3.63) is 60.2 Å². The number of carbonyl (C=O) groups excluding carboxylic acids is 1. The molecule has 2 N–H and O–H groups in total. The highest BCUT2D eigenvalue weighted by Gasteiger charge is 2.21. The van der Waals surface area contributed by atoms with Crippen LogP contribution in [0, 0.1) is 0 Å². The van der Waals surface area contributed by atoms with Gasteiger partial charge in [0.25, 0.3) is 15.1 Å². The van der Waals surface area contributed by atoms with E-state index in [4.69, 9.17) is 5.14 Å². The highest BCUT2D eigenvalue weighted by atomic mass is 32.2. The van der Waals surface area contributed by atoms with Crippen molar-refractivity contribution < 1.29 is 13.2 Å². The summed E-state index contributed by atoms with van der Waals surface area (Å²) >= 11 is 0. The molecule has 0 aromatic heterocycles. The molecule has 3 aromatic rings. The van der Waals surface area contributed by atoms with Gasteiger partial charge >= 0.3 is 0 Å². The van der Waals surface area contributed by atoms with Crippen molar-refractivity contribution in [2.45, 2.75) is 0 Å². The van der Waals surface area contributed by atoms with E-state index in [9.17, 15) is 13.2 Å². The lowest BCUT2D eigenvalue weighted by molar-refractivity contribution is 0.107. The Kier molecular flexibility index (Phi) is 2.81. The predicted molar refractivity (Wildman–Crippen MR) is 78.9 cm³/mol. The largest absolute Gasteiger partial charge is 0.292 e. The highest BCUT2D eigenvalue weighted by molar-refractivity contribution is 8.04. The molecular weight excluding hydrogens is 274 g/mol. The van der Waals surface area contributed by atoms with Gasteiger partial charge in [0.15, 0.2) is 0 Å². The molecule has 0 heterocycles. The molecule has 0 spiro atoms. The predicted octanol–water partition coefficient (Wildman–Crippen LogP) is 2.42. The molecule has 0 unspecified atom stereocenters. The van der Waals surface area contributed by atoms with Crippen molar-refractivity contribution in [3.63, 3.8) is 0 Å². The fourth-order valence-corrected chi connectivity index (χ4v) is 2.78. The first-order valence-corrected chi connectivity index (χ1v) is 7.50. The third kappa shape index (κ3) is 2.07. The number of hydrogen-bond acceptors (Lipinski definition) is 3. The van der Waals surface area contributed by atoms with Gasteiger partial charge in [-0.05, 0) is 39.7 Å². The summed E-state index contributed by atoms with van der Waals surface area (Å²) in [6.45, 7) is 0. The van der Waals surface area contributed by atoms with E-state index in [-0.39, 0.29) is 5.56 Å². The number of rotatable bonds is 1. The van der Waals surface area contributed by atoms with Crippen LogP contribution in [-0.2, 0) is 10.0 Å². The minimum atomic E-state index is -4.24. The Labute approximate surface area is 115 Å². The zero-order chi connectivity index (χ0) is 14.3. The zero-order valence-corrected chi connectivity index (χ0v) is 11.2. The quantitative estimate of drug-likeness (QED) is 0.697. The van der Waals surface area contributed by atoms with Gasteiger partial charge in [-0.2, -0.15) is 0 Å². The van der Waals surface area contributed by atoms with E-state index in [2.05, 4.69) is 0 Å². The van der Waals surface area contributed by atoms with Gasteiger partial charge in [0, 0.05) is 5.56 Å². The molecule has 0 amide bonds. The Morgan fingerprint density at radius 1 is 0.850 bits per heavy atom. The lowest BCUT2D eigenvalue weighted by atomic mass is 10.0. The second kappa shape index (κ2) is 4.40. The van der Waals surface area contributed by atoms with Gasteiger partial charge in [0.1, 0.15) is 0 Å². The Hall–Kier alpha value is -2.24. The Morgan fingerprint density at radius 2 is 1.45 bits per heavy atom. The normalized spacial score (nSPS) is 11.8. The van der Waals surface area contributed by atoms with Crippen LogP contribution in [0.25, 0.3) is 21.5 Å². The summed E-state index contributed by atoms with van der Waals surface area (Å²) in [4.78, 5) is 11.9. The van der Waals surface area contributed by atoms with Crippen LogP contribution in [0.1, 0.15) is 10.4 Å². The first-order valence-electron chi connectivity index (χ1n) is 5.95. The molecule has 100 valence electrons. The molecule has 0 atom stereocenters. The maximum absolute atomic E-state index is 11.9. The molecule has 4 nitrogen and oxygen atoms in total. The molecule has 0 radical (unpaired) electrons. The number of nitrogens with two attached hydrogens (primary N) is 1. The molecule has 20 heavy (non-hydrogen) atoms. The molecule has 3 rings (SSSR count). The standard InChI is InChI=1S/C15H11NO3S/c16-20(18,19)15(17)13-7-3-6-12-8-10-4-1-2-5-11(10)9-14(12)13/h1-9H,(H2,16,18,19). The smallest absolute Gasteiger partial charge is 0.274 e. The third-order valence-corrected chi connectivity index (χ3v) is 3.96. The molecule has 0 aliphatic carbocycles. The topological polar surface area (TPSA) is 77.2 Å². The number of fused-ring (bicyclic) bond motifs is 2. The van der Waals surface area contributed by atoms with Crippen LogP contribution in [0.15, 0.2) is 54.6 Å². The van der Waals surface area contributed by atoms with Gasteiger partial charge in [-0.25, -0.2) is 13.6 Å². The summed E-state index contributed by atoms with van der Waals surface area (Å²) < 4.78 is 22.5. The number of benzene rings is 3. The van der Waals surface area contributed by atoms with E-state index in [1.54, 1.807) is 6.07 Å². The second-order valence-corrected chi connectivity index (χ2v) is 6.02. The fraction of sp³-hybridized carbons (Fsp3) is 0. The van der Waals surface area contributed by atoms with Gasteiger partial charge < -0.3 is 0 Å². The first kappa shape index (κ1) is 12.8. The van der Waals surface area contributed by atoms with Crippen molar-refractivity contribution in [2.24, 2.45) is 5.14 Å². The molecular formula is C15H11NO3S. The van der Waals surface area contributed by atoms with Crippen molar-refractivity contribution in [3.8, 4) is 0 Å². The summed E-state index contributed by atoms with van der Waals surface area (Å²) in [6.07, 6.45) is 0. The zero-order valence-electron chi connectivity index (χ0n) is 10.4. The van der Waals surface area contributed by atoms with Crippen molar-refractivity contribution >= 4 is 36.7 Å². The van der Waals surface area contributed by atoms with Crippen LogP contribution in [0.3, 0.4) is 0 Å². The minimum Gasteiger partial charge on any atom is -0.274 e. The molecule has 0 bridgehead atoms. The minimum absolute atomic E-state index is 0.107. The summed E-state index contributed by atoms with van der Waals surface area (Å²) in [7, 11) is -4.24. The molecule has 0 aliphatic heterocycles. The van der Waals surface area contributed by atoms with Crippen LogP contribution >= 0.6 is 0 Å². The van der Waals surface area contributed by atoms with E-state index in [0.717, 1.165) is 16.2 Å². The fourth-order valence-electron chi connectivity index (χ4n) is 2.30. The van der Waals surface area contributed by atoms with E-state index in [0.29, 0.717) is 5.39 Å². The summed E-state index contributed by atoms with van der Waals surface area (Å²) in [6, 6.07) is 16.4. The average molecular weight is 285 g/mol. The highest BCUT2D eigenvalue weighted by Crippen LogP contribution is 2.26. The number of carbonyl (C=O) groups is 1. The van der Waals surface area contributed by atoms with Gasteiger partial charge in [0.2, 0.25) is 0 Å². The monoisotopic (exact) mass is 285 g/mol. The number of primary sulfonamides is 1. The average Bonchev–Trinajstić information content (AvgIpc) is 2.42. The summed E-state index contributed by atoms with van der Waals surface area (Å²) in [5, 5.41) is 7.24. The van der Waals surface area contributed by atoms with Crippen LogP contribution < -0.4 is 5.14 Å². The lowest BCUT2D eigenvalue weighted by Crippen LogP contribution is -2.23. The Bertz CT molecular complexity index is 946. The second-order valence-electron chi connectivity index (χ2n) is 4.56. The van der Waals surface area contributed by atoms with E-state index in [1.165, 1.54) is 6.07 Å².